The highest BCUT2D eigenvalue weighted by Gasteiger charge is 2.31. The summed E-state index contributed by atoms with van der Waals surface area (Å²) in [4.78, 5) is 25.6. The van der Waals surface area contributed by atoms with Crippen molar-refractivity contribution in [2.75, 3.05) is 62.7 Å². The number of anilines is 3. The molecule has 1 aromatic carbocycles. The number of β-amino-alcohol motifs (C(OH)–C–C–N with tert-alkyl or cyclic N) is 1. The largest absolute Gasteiger partial charge is 0.389 e. The van der Waals surface area contributed by atoms with Gasteiger partial charge in [-0.2, -0.15) is 14.8 Å². The van der Waals surface area contributed by atoms with Crippen LogP contribution >= 0.6 is 11.3 Å². The number of hydrogen-bond donors (Lipinski definition) is 1. The number of nitrogens with zero attached hydrogens (tertiary/aromatic N) is 8. The first-order valence-corrected chi connectivity index (χ1v) is 14.9. The lowest BCUT2D eigenvalue weighted by Crippen LogP contribution is -2.57. The van der Waals surface area contributed by atoms with Crippen LogP contribution in [0, 0.1) is 24.2 Å². The van der Waals surface area contributed by atoms with Gasteiger partial charge in [0.2, 0.25) is 11.9 Å². The molecule has 2 aliphatic heterocycles. The number of carbonyl (C=O) groups excluding carboxylic acids is 1. The molecule has 0 radical (unpaired) electrons. The van der Waals surface area contributed by atoms with Gasteiger partial charge in [0.05, 0.1) is 29.5 Å². The van der Waals surface area contributed by atoms with Gasteiger partial charge in [-0.1, -0.05) is 48.1 Å². The van der Waals surface area contributed by atoms with Crippen LogP contribution < -0.4 is 9.80 Å². The number of benzene rings is 1. The van der Waals surface area contributed by atoms with E-state index in [9.17, 15) is 15.2 Å². The second kappa shape index (κ2) is 11.3. The summed E-state index contributed by atoms with van der Waals surface area (Å²) >= 11 is 1.30. The van der Waals surface area contributed by atoms with Crippen molar-refractivity contribution in [3.05, 3.63) is 58.5 Å². The monoisotopic (exact) mass is 588 g/mol. The Bertz CT molecular complexity index is 1660. The van der Waals surface area contributed by atoms with Crippen molar-refractivity contribution in [2.45, 2.75) is 26.4 Å². The van der Waals surface area contributed by atoms with E-state index in [1.165, 1.54) is 21.9 Å². The van der Waals surface area contributed by atoms with E-state index in [4.69, 9.17) is 4.98 Å². The van der Waals surface area contributed by atoms with E-state index in [2.05, 4.69) is 21.0 Å². The summed E-state index contributed by atoms with van der Waals surface area (Å²) in [7, 11) is 1.88. The van der Waals surface area contributed by atoms with Gasteiger partial charge in [-0.3, -0.25) is 9.69 Å². The van der Waals surface area contributed by atoms with Crippen LogP contribution in [0.5, 0.6) is 0 Å². The average molecular weight is 589 g/mol. The number of nitriles is 1. The normalized spacial score (nSPS) is 16.1. The fourth-order valence-electron chi connectivity index (χ4n) is 5.56. The van der Waals surface area contributed by atoms with Crippen LogP contribution in [0.4, 0.5) is 20.9 Å². The van der Waals surface area contributed by atoms with E-state index >= 15 is 4.39 Å². The zero-order chi connectivity index (χ0) is 29.5. The Labute approximate surface area is 247 Å². The summed E-state index contributed by atoms with van der Waals surface area (Å²) in [5.74, 6) is -0.421. The van der Waals surface area contributed by atoms with Crippen molar-refractivity contribution in [1.82, 2.24) is 24.4 Å². The summed E-state index contributed by atoms with van der Waals surface area (Å²) in [6, 6.07) is 13.7. The van der Waals surface area contributed by atoms with Gasteiger partial charge in [-0.25, -0.2) is 9.50 Å². The Morgan fingerprint density at radius 1 is 1.19 bits per heavy atom. The topological polar surface area (TPSA) is 104 Å². The summed E-state index contributed by atoms with van der Waals surface area (Å²) in [6.45, 7) is 7.82. The molecule has 0 spiro atoms. The van der Waals surface area contributed by atoms with Crippen LogP contribution in [-0.4, -0.2) is 94.4 Å². The molecule has 0 saturated carbocycles. The third-order valence-electron chi connectivity index (χ3n) is 8.03. The zero-order valence-corrected chi connectivity index (χ0v) is 24.7. The molecular formula is C30H33FN8O2S. The minimum Gasteiger partial charge on any atom is -0.389 e. The van der Waals surface area contributed by atoms with E-state index in [-0.39, 0.29) is 5.91 Å². The molecule has 0 aliphatic carbocycles. The van der Waals surface area contributed by atoms with Crippen LogP contribution in [0.25, 0.3) is 16.8 Å². The van der Waals surface area contributed by atoms with E-state index in [1.807, 2.05) is 56.1 Å². The molecule has 0 bridgehead atoms. The van der Waals surface area contributed by atoms with Crippen molar-refractivity contribution < 1.29 is 14.3 Å². The minimum absolute atomic E-state index is 0.0347. The molecule has 1 N–H and O–H groups in total. The Balaban J connectivity index is 1.27. The van der Waals surface area contributed by atoms with E-state index in [0.29, 0.717) is 73.5 Å². The molecule has 12 heteroatoms. The van der Waals surface area contributed by atoms with Gasteiger partial charge < -0.3 is 19.8 Å². The number of pyridine rings is 1. The molecule has 0 atom stereocenters. The van der Waals surface area contributed by atoms with Crippen LogP contribution in [0.15, 0.2) is 36.4 Å². The number of hydrogen-bond acceptors (Lipinski definition) is 9. The number of aromatic nitrogens is 3. The molecule has 2 aliphatic rings. The van der Waals surface area contributed by atoms with Crippen LogP contribution in [0.1, 0.15) is 23.1 Å². The number of rotatable bonds is 7. The third kappa shape index (κ3) is 5.19. The molecule has 1 amide bonds. The van der Waals surface area contributed by atoms with Crippen molar-refractivity contribution >= 4 is 39.3 Å². The number of likely N-dealkylation sites (tertiary alicyclic amines) is 1. The number of aryl methyl sites for hydroxylation is 2. The maximum Gasteiger partial charge on any atom is 0.236 e. The van der Waals surface area contributed by atoms with Crippen molar-refractivity contribution in [3.63, 3.8) is 0 Å². The predicted molar refractivity (Wildman–Crippen MR) is 161 cm³/mol. The van der Waals surface area contributed by atoms with Crippen molar-refractivity contribution in [1.29, 1.82) is 5.26 Å². The molecule has 10 nitrogen and oxygen atoms in total. The Morgan fingerprint density at radius 2 is 1.90 bits per heavy atom. The summed E-state index contributed by atoms with van der Waals surface area (Å²) in [6.07, 6.45) is 0.189. The van der Waals surface area contributed by atoms with E-state index in [0.717, 1.165) is 28.2 Å². The second-order valence-electron chi connectivity index (χ2n) is 10.9. The predicted octanol–water partition coefficient (Wildman–Crippen LogP) is 3.43. The molecule has 2 fully saturated rings. The molecule has 4 aromatic rings. The molecule has 218 valence electrons. The lowest BCUT2D eigenvalue weighted by atomic mass is 10.1. The highest BCUT2D eigenvalue weighted by Crippen LogP contribution is 2.39. The lowest BCUT2D eigenvalue weighted by Gasteiger charge is -2.39. The fourth-order valence-corrected chi connectivity index (χ4v) is 6.41. The SMILES string of the molecule is CCc1nn2c(F)cc(N3CCN(CC(=O)N4CC(O)C4)CC3)cc2c1N(C)c1nc(-c2ccc(C)cc2)c(C#N)s1. The van der Waals surface area contributed by atoms with Crippen LogP contribution in [-0.2, 0) is 11.2 Å². The molecule has 3 aromatic heterocycles. The van der Waals surface area contributed by atoms with Gasteiger partial charge in [0.15, 0.2) is 5.13 Å². The Morgan fingerprint density at radius 3 is 2.55 bits per heavy atom. The lowest BCUT2D eigenvalue weighted by molar-refractivity contribution is -0.142. The fraction of sp³-hybridized carbons (Fsp3) is 0.400. The first-order valence-electron chi connectivity index (χ1n) is 14.1. The second-order valence-corrected chi connectivity index (χ2v) is 11.9. The zero-order valence-electron chi connectivity index (χ0n) is 23.9. The standard InChI is InChI=1S/C30H33FN8O2S/c1-4-23-29(35(3)30-33-28(25(15-32)42-30)20-7-5-19(2)6-8-20)24-13-21(14-26(31)39(24)34-23)37-11-9-36(10-12-37)18-27(41)38-16-22(40)17-38/h5-8,13-14,22,40H,4,9-12,16-18H2,1-3H3. The highest BCUT2D eigenvalue weighted by molar-refractivity contribution is 7.16. The van der Waals surface area contributed by atoms with Gasteiger partial charge in [-0.05, 0) is 19.4 Å². The number of fused-ring (bicyclic) bond motifs is 1. The molecular weight excluding hydrogens is 555 g/mol. The number of thiazole rings is 1. The minimum atomic E-state index is -0.456. The summed E-state index contributed by atoms with van der Waals surface area (Å²) in [5.41, 5.74) is 5.51. The van der Waals surface area contributed by atoms with E-state index < -0.39 is 12.1 Å². The quantitative estimate of drug-likeness (QED) is 0.328. The van der Waals surface area contributed by atoms with Crippen LogP contribution in [0.2, 0.25) is 0 Å². The number of piperazine rings is 1. The first-order chi connectivity index (χ1) is 20.2. The number of carbonyl (C=O) groups is 1. The Kier molecular flexibility index (Phi) is 7.57. The molecule has 42 heavy (non-hydrogen) atoms. The maximum absolute atomic E-state index is 15.5. The Hall–Kier alpha value is -4.05. The van der Waals surface area contributed by atoms with Crippen LogP contribution in [0.3, 0.4) is 0 Å². The van der Waals surface area contributed by atoms with Gasteiger partial charge in [0.1, 0.15) is 16.6 Å². The van der Waals surface area contributed by atoms with Crippen molar-refractivity contribution in [2.24, 2.45) is 0 Å². The average Bonchev–Trinajstić information content (AvgIpc) is 3.58. The summed E-state index contributed by atoms with van der Waals surface area (Å²) < 4.78 is 16.8. The molecule has 2 saturated heterocycles. The number of aliphatic hydroxyl groups is 1. The van der Waals surface area contributed by atoms with Gasteiger partial charge >= 0.3 is 0 Å². The maximum atomic E-state index is 15.5. The van der Waals surface area contributed by atoms with Gasteiger partial charge in [0.25, 0.3) is 0 Å². The molecule has 6 rings (SSSR count). The smallest absolute Gasteiger partial charge is 0.236 e. The first kappa shape index (κ1) is 28.1. The van der Waals surface area contributed by atoms with Crippen molar-refractivity contribution in [3.8, 4) is 17.3 Å². The van der Waals surface area contributed by atoms with Gasteiger partial charge in [-0.15, -0.1) is 0 Å². The number of halogens is 1. The summed E-state index contributed by atoms with van der Waals surface area (Å²) in [5, 5.41) is 24.6. The number of amides is 1. The highest BCUT2D eigenvalue weighted by atomic mass is 32.1. The number of aliphatic hydroxyl groups excluding tert-OH is 1. The third-order valence-corrected chi connectivity index (χ3v) is 9.07. The molecule has 0 unspecified atom stereocenters. The van der Waals surface area contributed by atoms with E-state index in [1.54, 1.807) is 4.90 Å². The van der Waals surface area contributed by atoms with Gasteiger partial charge in [0, 0.05) is 63.6 Å². The molecule has 5 heterocycles.